The highest BCUT2D eigenvalue weighted by Crippen LogP contribution is 2.35. The first-order valence-electron chi connectivity index (χ1n) is 8.02. The molecule has 1 aliphatic rings. The summed E-state index contributed by atoms with van der Waals surface area (Å²) < 4.78 is 2.10. The maximum atomic E-state index is 12.6. The zero-order chi connectivity index (χ0) is 16.8. The van der Waals surface area contributed by atoms with Crippen LogP contribution in [0.25, 0.3) is 11.0 Å². The van der Waals surface area contributed by atoms with Gasteiger partial charge in [-0.25, -0.2) is 4.98 Å². The number of rotatable bonds is 2. The van der Waals surface area contributed by atoms with E-state index in [4.69, 9.17) is 16.6 Å². The Morgan fingerprint density at radius 3 is 2.79 bits per heavy atom. The molecule has 4 rings (SSSR count). The Labute approximate surface area is 145 Å². The second-order valence-corrected chi connectivity index (χ2v) is 6.79. The van der Waals surface area contributed by atoms with E-state index in [1.54, 1.807) is 0 Å². The van der Waals surface area contributed by atoms with Crippen LogP contribution in [0.2, 0.25) is 5.02 Å². The molecule has 0 N–H and O–H groups in total. The first kappa shape index (κ1) is 15.2. The molecular weight excluding hydrogens is 322 g/mol. The first-order chi connectivity index (χ1) is 11.5. The first-order valence-corrected chi connectivity index (χ1v) is 8.40. The summed E-state index contributed by atoms with van der Waals surface area (Å²) in [6.07, 6.45) is 0.475. The summed E-state index contributed by atoms with van der Waals surface area (Å²) >= 11 is 6.12. The van der Waals surface area contributed by atoms with Gasteiger partial charge >= 0.3 is 0 Å². The molecule has 2 aromatic carbocycles. The van der Waals surface area contributed by atoms with Crippen molar-refractivity contribution >= 4 is 34.2 Å². The third-order valence-electron chi connectivity index (χ3n) is 4.77. The minimum atomic E-state index is 0.0910. The van der Waals surface area contributed by atoms with Crippen LogP contribution in [-0.4, -0.2) is 22.0 Å². The molecule has 0 radical (unpaired) electrons. The van der Waals surface area contributed by atoms with Crippen LogP contribution < -0.4 is 4.90 Å². The summed E-state index contributed by atoms with van der Waals surface area (Å²) in [6.45, 7) is 2.64. The summed E-state index contributed by atoms with van der Waals surface area (Å²) in [5.41, 5.74) is 4.02. The van der Waals surface area contributed by atoms with Gasteiger partial charge in [-0.2, -0.15) is 0 Å². The largest absolute Gasteiger partial charge is 0.331 e. The molecule has 1 atom stereocenters. The van der Waals surface area contributed by atoms with Crippen molar-refractivity contribution in [2.45, 2.75) is 19.3 Å². The third kappa shape index (κ3) is 2.38. The van der Waals surface area contributed by atoms with E-state index in [0.29, 0.717) is 18.0 Å². The second-order valence-electron chi connectivity index (χ2n) is 6.35. The van der Waals surface area contributed by atoms with Gasteiger partial charge in [0.1, 0.15) is 5.82 Å². The van der Waals surface area contributed by atoms with Crippen molar-refractivity contribution in [1.82, 2.24) is 9.55 Å². The molecule has 0 aliphatic carbocycles. The second kappa shape index (κ2) is 5.64. The summed E-state index contributed by atoms with van der Waals surface area (Å²) in [6, 6.07) is 13.7. The number of carbonyl (C=O) groups excluding carboxylic acids is 1. The van der Waals surface area contributed by atoms with E-state index in [1.165, 1.54) is 0 Å². The van der Waals surface area contributed by atoms with Gasteiger partial charge in [-0.1, -0.05) is 29.8 Å². The molecule has 24 heavy (non-hydrogen) atoms. The van der Waals surface area contributed by atoms with Gasteiger partial charge in [0, 0.05) is 36.6 Å². The predicted octanol–water partition coefficient (Wildman–Crippen LogP) is 4.06. The van der Waals surface area contributed by atoms with E-state index in [1.807, 2.05) is 55.3 Å². The molecule has 0 bridgehead atoms. The van der Waals surface area contributed by atoms with E-state index >= 15 is 0 Å². The van der Waals surface area contributed by atoms with Crippen molar-refractivity contribution in [1.29, 1.82) is 0 Å². The summed E-state index contributed by atoms with van der Waals surface area (Å²) in [4.78, 5) is 19.2. The zero-order valence-electron chi connectivity index (χ0n) is 13.7. The number of carbonyl (C=O) groups is 1. The molecule has 0 saturated carbocycles. The lowest BCUT2D eigenvalue weighted by molar-refractivity contribution is -0.117. The number of anilines is 1. The molecule has 4 nitrogen and oxygen atoms in total. The monoisotopic (exact) mass is 339 g/mol. The summed E-state index contributed by atoms with van der Waals surface area (Å²) in [5, 5.41) is 0.648. The van der Waals surface area contributed by atoms with Gasteiger partial charge in [0.15, 0.2) is 0 Å². The number of imidazole rings is 1. The number of para-hydroxylation sites is 2. The van der Waals surface area contributed by atoms with Crippen LogP contribution in [0.4, 0.5) is 5.69 Å². The van der Waals surface area contributed by atoms with Crippen molar-refractivity contribution in [3.05, 3.63) is 58.9 Å². The molecule has 122 valence electrons. The number of fused-ring (bicyclic) bond motifs is 1. The highest BCUT2D eigenvalue weighted by molar-refractivity contribution is 6.31. The highest BCUT2D eigenvalue weighted by Gasteiger charge is 2.35. The molecule has 1 saturated heterocycles. The van der Waals surface area contributed by atoms with Crippen LogP contribution >= 0.6 is 11.6 Å². The van der Waals surface area contributed by atoms with Crippen LogP contribution in [0.15, 0.2) is 42.5 Å². The van der Waals surface area contributed by atoms with Gasteiger partial charge in [0.05, 0.1) is 11.0 Å². The molecular formula is C19H18ClN3O. The number of amides is 1. The van der Waals surface area contributed by atoms with Crippen molar-refractivity contribution in [2.75, 3.05) is 11.4 Å². The number of hydrogen-bond acceptors (Lipinski definition) is 2. The Balaban J connectivity index is 1.71. The van der Waals surface area contributed by atoms with Gasteiger partial charge in [0.25, 0.3) is 0 Å². The molecule has 1 aliphatic heterocycles. The fourth-order valence-electron chi connectivity index (χ4n) is 3.52. The van der Waals surface area contributed by atoms with Crippen LogP contribution in [-0.2, 0) is 11.8 Å². The number of benzene rings is 2. The van der Waals surface area contributed by atoms with Crippen LogP contribution in [0, 0.1) is 6.92 Å². The molecule has 1 amide bonds. The lowest BCUT2D eigenvalue weighted by Crippen LogP contribution is -2.25. The number of hydrogen-bond donors (Lipinski definition) is 0. The summed E-state index contributed by atoms with van der Waals surface area (Å²) in [5.74, 6) is 1.18. The fourth-order valence-corrected chi connectivity index (χ4v) is 3.68. The SMILES string of the molecule is Cc1ccc(Cl)cc1N1C[C@@H](c2nc3ccccc3n2C)CC1=O. The predicted molar refractivity (Wildman–Crippen MR) is 96.6 cm³/mol. The lowest BCUT2D eigenvalue weighted by Gasteiger charge is -2.19. The molecule has 1 aromatic heterocycles. The van der Waals surface area contributed by atoms with Gasteiger partial charge < -0.3 is 9.47 Å². The van der Waals surface area contributed by atoms with Crippen molar-refractivity contribution < 1.29 is 4.79 Å². The van der Waals surface area contributed by atoms with Gasteiger partial charge in [-0.15, -0.1) is 0 Å². The molecule has 0 spiro atoms. The number of aromatic nitrogens is 2. The minimum absolute atomic E-state index is 0.0910. The van der Waals surface area contributed by atoms with E-state index < -0.39 is 0 Å². The van der Waals surface area contributed by atoms with E-state index in [9.17, 15) is 4.79 Å². The standard InChI is InChI=1S/C19H18ClN3O/c1-12-7-8-14(20)10-17(12)23-11-13(9-18(23)24)19-21-15-5-3-4-6-16(15)22(19)2/h3-8,10,13H,9,11H2,1-2H3/t13-/m0/s1. The average molecular weight is 340 g/mol. The minimum Gasteiger partial charge on any atom is -0.331 e. The Hall–Kier alpha value is -2.33. The number of aryl methyl sites for hydroxylation is 2. The fraction of sp³-hybridized carbons (Fsp3) is 0.263. The maximum absolute atomic E-state index is 12.6. The van der Waals surface area contributed by atoms with E-state index in [-0.39, 0.29) is 11.8 Å². The van der Waals surface area contributed by atoms with Crippen molar-refractivity contribution in [3.63, 3.8) is 0 Å². The zero-order valence-corrected chi connectivity index (χ0v) is 14.4. The topological polar surface area (TPSA) is 38.1 Å². The van der Waals surface area contributed by atoms with Gasteiger partial charge in [0.2, 0.25) is 5.91 Å². The lowest BCUT2D eigenvalue weighted by atomic mass is 10.1. The number of nitrogens with zero attached hydrogens (tertiary/aromatic N) is 3. The van der Waals surface area contributed by atoms with Crippen molar-refractivity contribution in [3.8, 4) is 0 Å². The van der Waals surface area contributed by atoms with E-state index in [0.717, 1.165) is 28.1 Å². The van der Waals surface area contributed by atoms with Crippen LogP contribution in [0.1, 0.15) is 23.7 Å². The average Bonchev–Trinajstić information content (AvgIpc) is 3.11. The molecule has 1 fully saturated rings. The van der Waals surface area contributed by atoms with Crippen molar-refractivity contribution in [2.24, 2.45) is 7.05 Å². The summed E-state index contributed by atoms with van der Waals surface area (Å²) in [7, 11) is 2.02. The third-order valence-corrected chi connectivity index (χ3v) is 5.01. The van der Waals surface area contributed by atoms with Crippen LogP contribution in [0.3, 0.4) is 0 Å². The molecule has 2 heterocycles. The highest BCUT2D eigenvalue weighted by atomic mass is 35.5. The Kier molecular flexibility index (Phi) is 3.57. The quantitative estimate of drug-likeness (QED) is 0.706. The maximum Gasteiger partial charge on any atom is 0.227 e. The molecule has 5 heteroatoms. The smallest absolute Gasteiger partial charge is 0.227 e. The van der Waals surface area contributed by atoms with Crippen LogP contribution in [0.5, 0.6) is 0 Å². The normalized spacial score (nSPS) is 17.9. The Morgan fingerprint density at radius 1 is 1.21 bits per heavy atom. The number of halogens is 1. The molecule has 3 aromatic rings. The van der Waals surface area contributed by atoms with Gasteiger partial charge in [-0.05, 0) is 36.8 Å². The molecule has 0 unspecified atom stereocenters. The van der Waals surface area contributed by atoms with E-state index in [2.05, 4.69) is 10.6 Å². The Morgan fingerprint density at radius 2 is 2.00 bits per heavy atom. The Bertz CT molecular complexity index is 947. The van der Waals surface area contributed by atoms with Gasteiger partial charge in [-0.3, -0.25) is 4.79 Å².